The van der Waals surface area contributed by atoms with E-state index in [4.69, 9.17) is 4.98 Å². The average molecular weight is 350 g/mol. The Morgan fingerprint density at radius 3 is 2.81 bits per heavy atom. The van der Waals surface area contributed by atoms with Crippen LogP contribution in [0.5, 0.6) is 0 Å². The molecule has 1 fully saturated rings. The van der Waals surface area contributed by atoms with Crippen molar-refractivity contribution in [1.82, 2.24) is 29.7 Å². The second-order valence-electron chi connectivity index (χ2n) is 7.06. The van der Waals surface area contributed by atoms with Gasteiger partial charge in [-0.1, -0.05) is 12.1 Å². The van der Waals surface area contributed by atoms with Crippen molar-refractivity contribution in [2.24, 2.45) is 7.05 Å². The second-order valence-corrected chi connectivity index (χ2v) is 7.06. The number of imidazole rings is 1. The van der Waals surface area contributed by atoms with Crippen molar-refractivity contribution < 1.29 is 0 Å². The minimum atomic E-state index is 0.546. The van der Waals surface area contributed by atoms with Crippen LogP contribution in [0.2, 0.25) is 0 Å². The molecule has 0 radical (unpaired) electrons. The van der Waals surface area contributed by atoms with Gasteiger partial charge in [0.2, 0.25) is 0 Å². The Labute approximate surface area is 154 Å². The van der Waals surface area contributed by atoms with E-state index in [0.717, 1.165) is 49.5 Å². The van der Waals surface area contributed by atoms with Crippen molar-refractivity contribution in [3.8, 4) is 0 Å². The van der Waals surface area contributed by atoms with Crippen molar-refractivity contribution in [3.05, 3.63) is 54.4 Å². The van der Waals surface area contributed by atoms with Gasteiger partial charge in [-0.05, 0) is 44.5 Å². The van der Waals surface area contributed by atoms with Gasteiger partial charge in [0, 0.05) is 37.6 Å². The zero-order chi connectivity index (χ0) is 17.8. The molecule has 3 heterocycles. The van der Waals surface area contributed by atoms with Crippen molar-refractivity contribution in [2.45, 2.75) is 38.4 Å². The van der Waals surface area contributed by atoms with Crippen LogP contribution in [0, 0.1) is 0 Å². The number of aryl methyl sites for hydroxylation is 1. The molecule has 26 heavy (non-hydrogen) atoms. The van der Waals surface area contributed by atoms with Gasteiger partial charge in [0.1, 0.15) is 12.2 Å². The maximum Gasteiger partial charge on any atom is 0.123 e. The normalized spacial score (nSPS) is 18.3. The molecule has 0 spiro atoms. The average Bonchev–Trinajstić information content (AvgIpc) is 2.85. The quantitative estimate of drug-likeness (QED) is 0.766. The standard InChI is InChI=1S/C20H26N6/c1-25-19-7-3-2-6-18(19)24-20(25)14-26(13-16-11-22-15-23-12-16)17-5-4-9-21-10-8-17/h2-3,6-7,11-12,15,17,21H,4-5,8-10,13-14H2,1H3. The SMILES string of the molecule is Cn1c(CN(Cc2cncnc2)C2CCCNCC2)nc2ccccc21. The summed E-state index contributed by atoms with van der Waals surface area (Å²) in [6.07, 6.45) is 9.03. The molecule has 0 amide bonds. The fraction of sp³-hybridized carbons (Fsp3) is 0.450. The summed E-state index contributed by atoms with van der Waals surface area (Å²) in [5, 5.41) is 3.52. The van der Waals surface area contributed by atoms with Crippen molar-refractivity contribution in [2.75, 3.05) is 13.1 Å². The third kappa shape index (κ3) is 3.76. The van der Waals surface area contributed by atoms with Crippen molar-refractivity contribution >= 4 is 11.0 Å². The summed E-state index contributed by atoms with van der Waals surface area (Å²) < 4.78 is 2.22. The van der Waals surface area contributed by atoms with Gasteiger partial charge in [0.25, 0.3) is 0 Å². The Kier molecular flexibility index (Phi) is 5.22. The Balaban J connectivity index is 1.61. The highest BCUT2D eigenvalue weighted by atomic mass is 15.2. The summed E-state index contributed by atoms with van der Waals surface area (Å²) >= 11 is 0. The van der Waals surface area contributed by atoms with Crippen LogP contribution in [-0.2, 0) is 20.1 Å². The summed E-state index contributed by atoms with van der Waals surface area (Å²) in [6.45, 7) is 3.89. The van der Waals surface area contributed by atoms with Gasteiger partial charge >= 0.3 is 0 Å². The minimum Gasteiger partial charge on any atom is -0.330 e. The van der Waals surface area contributed by atoms with Crippen LogP contribution in [0.4, 0.5) is 0 Å². The summed E-state index contributed by atoms with van der Waals surface area (Å²) in [7, 11) is 2.11. The summed E-state index contributed by atoms with van der Waals surface area (Å²) in [5.74, 6) is 1.11. The molecular formula is C20H26N6. The topological polar surface area (TPSA) is 58.9 Å². The molecule has 1 atom stereocenters. The van der Waals surface area contributed by atoms with Gasteiger partial charge < -0.3 is 9.88 Å². The number of nitrogens with one attached hydrogen (secondary N) is 1. The fourth-order valence-electron chi connectivity index (χ4n) is 3.84. The largest absolute Gasteiger partial charge is 0.330 e. The molecule has 1 N–H and O–H groups in total. The van der Waals surface area contributed by atoms with E-state index in [0.29, 0.717) is 6.04 Å². The molecule has 2 aromatic heterocycles. The molecule has 0 aliphatic carbocycles. The Bertz CT molecular complexity index is 836. The highest BCUT2D eigenvalue weighted by Gasteiger charge is 2.22. The van der Waals surface area contributed by atoms with E-state index < -0.39 is 0 Å². The van der Waals surface area contributed by atoms with Crippen molar-refractivity contribution in [3.63, 3.8) is 0 Å². The number of fused-ring (bicyclic) bond motifs is 1. The van der Waals surface area contributed by atoms with Crippen LogP contribution in [0.1, 0.15) is 30.7 Å². The van der Waals surface area contributed by atoms with Gasteiger partial charge in [0.15, 0.2) is 0 Å². The molecule has 4 rings (SSSR count). The third-order valence-corrected chi connectivity index (χ3v) is 5.29. The minimum absolute atomic E-state index is 0.546. The van der Waals surface area contributed by atoms with E-state index in [1.807, 2.05) is 12.4 Å². The third-order valence-electron chi connectivity index (χ3n) is 5.29. The number of nitrogens with zero attached hydrogens (tertiary/aromatic N) is 5. The van der Waals surface area contributed by atoms with Crippen LogP contribution in [0.3, 0.4) is 0 Å². The molecule has 3 aromatic rings. The molecule has 1 aliphatic rings. The Morgan fingerprint density at radius 2 is 1.96 bits per heavy atom. The van der Waals surface area contributed by atoms with E-state index in [-0.39, 0.29) is 0 Å². The number of para-hydroxylation sites is 2. The number of hydrogen-bond acceptors (Lipinski definition) is 5. The van der Waals surface area contributed by atoms with Gasteiger partial charge in [0.05, 0.1) is 17.6 Å². The van der Waals surface area contributed by atoms with E-state index >= 15 is 0 Å². The first-order chi connectivity index (χ1) is 12.8. The van der Waals surface area contributed by atoms with E-state index in [1.165, 1.54) is 18.4 Å². The molecule has 1 aromatic carbocycles. The van der Waals surface area contributed by atoms with E-state index in [2.05, 4.69) is 56.1 Å². The number of hydrogen-bond donors (Lipinski definition) is 1. The first kappa shape index (κ1) is 17.1. The first-order valence-electron chi connectivity index (χ1n) is 9.40. The zero-order valence-corrected chi connectivity index (χ0v) is 15.3. The maximum atomic E-state index is 4.89. The van der Waals surface area contributed by atoms with E-state index in [9.17, 15) is 0 Å². The first-order valence-corrected chi connectivity index (χ1v) is 9.40. The molecular weight excluding hydrogens is 324 g/mol. The predicted octanol–water partition coefficient (Wildman–Crippen LogP) is 2.51. The molecule has 1 unspecified atom stereocenters. The second kappa shape index (κ2) is 7.93. The summed E-state index contributed by atoms with van der Waals surface area (Å²) in [4.78, 5) is 15.8. The summed E-state index contributed by atoms with van der Waals surface area (Å²) in [5.41, 5.74) is 3.41. The molecule has 1 aliphatic heterocycles. The fourth-order valence-corrected chi connectivity index (χ4v) is 3.84. The van der Waals surface area contributed by atoms with Gasteiger partial charge in [-0.25, -0.2) is 15.0 Å². The van der Waals surface area contributed by atoms with Gasteiger partial charge in [-0.15, -0.1) is 0 Å². The van der Waals surface area contributed by atoms with Crippen LogP contribution in [0.15, 0.2) is 43.0 Å². The van der Waals surface area contributed by atoms with Gasteiger partial charge in [-0.3, -0.25) is 4.90 Å². The lowest BCUT2D eigenvalue weighted by Crippen LogP contribution is -2.36. The lowest BCUT2D eigenvalue weighted by Gasteiger charge is -2.30. The highest BCUT2D eigenvalue weighted by molar-refractivity contribution is 5.75. The smallest absolute Gasteiger partial charge is 0.123 e. The van der Waals surface area contributed by atoms with Gasteiger partial charge in [-0.2, -0.15) is 0 Å². The van der Waals surface area contributed by atoms with Crippen LogP contribution < -0.4 is 5.32 Å². The lowest BCUT2D eigenvalue weighted by atomic mass is 10.1. The number of rotatable bonds is 5. The van der Waals surface area contributed by atoms with Crippen molar-refractivity contribution in [1.29, 1.82) is 0 Å². The van der Waals surface area contributed by atoms with Crippen LogP contribution in [-0.4, -0.2) is 43.6 Å². The maximum absolute atomic E-state index is 4.89. The molecule has 1 saturated heterocycles. The lowest BCUT2D eigenvalue weighted by molar-refractivity contribution is 0.158. The summed E-state index contributed by atoms with van der Waals surface area (Å²) in [6, 6.07) is 8.89. The molecule has 0 bridgehead atoms. The number of benzene rings is 1. The Morgan fingerprint density at radius 1 is 1.12 bits per heavy atom. The molecule has 6 heteroatoms. The molecule has 0 saturated carbocycles. The number of aromatic nitrogens is 4. The van der Waals surface area contributed by atoms with E-state index in [1.54, 1.807) is 6.33 Å². The molecule has 6 nitrogen and oxygen atoms in total. The monoisotopic (exact) mass is 350 g/mol. The molecule has 136 valence electrons. The zero-order valence-electron chi connectivity index (χ0n) is 15.3. The van der Waals surface area contributed by atoms with Crippen LogP contribution >= 0.6 is 0 Å². The van der Waals surface area contributed by atoms with Crippen LogP contribution in [0.25, 0.3) is 11.0 Å². The predicted molar refractivity (Wildman–Crippen MR) is 103 cm³/mol. The Hall–Kier alpha value is -2.31. The highest BCUT2D eigenvalue weighted by Crippen LogP contribution is 2.21.